The van der Waals surface area contributed by atoms with Crippen molar-refractivity contribution >= 4 is 34.2 Å². The third-order valence-corrected chi connectivity index (χ3v) is 2.98. The van der Waals surface area contributed by atoms with Gasteiger partial charge in [0.05, 0.1) is 0 Å². The summed E-state index contributed by atoms with van der Waals surface area (Å²) < 4.78 is 1.16. The normalized spacial score (nSPS) is 20.2. The minimum atomic E-state index is -0.121. The largest absolute Gasteiger partial charge is 0.325 e. The van der Waals surface area contributed by atoms with Gasteiger partial charge in [-0.25, -0.2) is 5.43 Å². The summed E-state index contributed by atoms with van der Waals surface area (Å²) >= 11 is 2.23. The molecule has 1 unspecified atom stereocenters. The molecule has 0 spiro atoms. The van der Waals surface area contributed by atoms with Gasteiger partial charge in [-0.05, 0) is 53.3 Å². The molecule has 1 aliphatic heterocycles. The van der Waals surface area contributed by atoms with Crippen molar-refractivity contribution in [3.63, 3.8) is 0 Å². The molecule has 2 rings (SSSR count). The average molecular weight is 317 g/mol. The first-order valence-corrected chi connectivity index (χ1v) is 5.88. The molecular weight excluding hydrogens is 305 g/mol. The molecule has 0 radical (unpaired) electrons. The maximum atomic E-state index is 11.7. The molecule has 15 heavy (non-hydrogen) atoms. The molecule has 1 aromatic rings. The number of hydrogen-bond donors (Lipinski definition) is 3. The van der Waals surface area contributed by atoms with Crippen LogP contribution in [0.3, 0.4) is 0 Å². The van der Waals surface area contributed by atoms with Gasteiger partial charge in [0.2, 0.25) is 5.91 Å². The summed E-state index contributed by atoms with van der Waals surface area (Å²) in [7, 11) is 0. The SMILES string of the molecule is O=C(Nc1ccc(I)cc1)C1CCNN1. The highest BCUT2D eigenvalue weighted by Gasteiger charge is 2.21. The zero-order valence-electron chi connectivity index (χ0n) is 8.09. The highest BCUT2D eigenvalue weighted by atomic mass is 127. The molecule has 5 heteroatoms. The van der Waals surface area contributed by atoms with Gasteiger partial charge in [0.15, 0.2) is 0 Å². The zero-order valence-corrected chi connectivity index (χ0v) is 10.2. The fourth-order valence-electron chi connectivity index (χ4n) is 1.44. The van der Waals surface area contributed by atoms with E-state index in [1.807, 2.05) is 24.3 Å². The smallest absolute Gasteiger partial charge is 0.242 e. The van der Waals surface area contributed by atoms with E-state index in [0.717, 1.165) is 22.2 Å². The summed E-state index contributed by atoms with van der Waals surface area (Å²) in [6.07, 6.45) is 0.830. The lowest BCUT2D eigenvalue weighted by Crippen LogP contribution is -2.39. The van der Waals surface area contributed by atoms with Crippen molar-refractivity contribution in [3.05, 3.63) is 27.8 Å². The van der Waals surface area contributed by atoms with Crippen LogP contribution in [-0.4, -0.2) is 18.5 Å². The number of benzene rings is 1. The van der Waals surface area contributed by atoms with Crippen LogP contribution in [0.15, 0.2) is 24.3 Å². The van der Waals surface area contributed by atoms with Gasteiger partial charge < -0.3 is 5.32 Å². The Labute approximate surface area is 102 Å². The first-order chi connectivity index (χ1) is 7.25. The van der Waals surface area contributed by atoms with Crippen molar-refractivity contribution in [2.45, 2.75) is 12.5 Å². The van der Waals surface area contributed by atoms with E-state index in [9.17, 15) is 4.79 Å². The quantitative estimate of drug-likeness (QED) is 0.716. The van der Waals surface area contributed by atoms with E-state index in [1.165, 1.54) is 0 Å². The molecule has 0 bridgehead atoms. The predicted molar refractivity (Wildman–Crippen MR) is 67.3 cm³/mol. The van der Waals surface area contributed by atoms with Gasteiger partial charge in [0.25, 0.3) is 0 Å². The summed E-state index contributed by atoms with van der Waals surface area (Å²) in [4.78, 5) is 11.7. The number of amides is 1. The standard InChI is InChI=1S/C10H12IN3O/c11-7-1-3-8(4-2-7)13-10(15)9-5-6-12-14-9/h1-4,9,12,14H,5-6H2,(H,13,15). The van der Waals surface area contributed by atoms with Crippen LogP contribution in [0.25, 0.3) is 0 Å². The summed E-state index contributed by atoms with van der Waals surface area (Å²) in [6, 6.07) is 7.63. The predicted octanol–water partition coefficient (Wildman–Crippen LogP) is 1.10. The number of carbonyl (C=O) groups excluding carboxylic acids is 1. The van der Waals surface area contributed by atoms with Crippen LogP contribution in [0.1, 0.15) is 6.42 Å². The van der Waals surface area contributed by atoms with Crippen LogP contribution < -0.4 is 16.2 Å². The lowest BCUT2D eigenvalue weighted by Gasteiger charge is -2.10. The van der Waals surface area contributed by atoms with Gasteiger partial charge in [0.1, 0.15) is 6.04 Å². The third-order valence-electron chi connectivity index (χ3n) is 2.26. The third kappa shape index (κ3) is 2.90. The molecule has 1 saturated heterocycles. The number of rotatable bonds is 2. The van der Waals surface area contributed by atoms with Gasteiger partial charge in [0, 0.05) is 15.8 Å². The summed E-state index contributed by atoms with van der Waals surface area (Å²) in [5.41, 5.74) is 6.70. The molecule has 80 valence electrons. The molecule has 0 saturated carbocycles. The Morgan fingerprint density at radius 3 is 2.73 bits per heavy atom. The van der Waals surface area contributed by atoms with E-state index < -0.39 is 0 Å². The Kier molecular flexibility index (Phi) is 3.55. The van der Waals surface area contributed by atoms with Crippen LogP contribution in [-0.2, 0) is 4.79 Å². The van der Waals surface area contributed by atoms with E-state index in [0.29, 0.717) is 0 Å². The Morgan fingerprint density at radius 2 is 2.13 bits per heavy atom. The zero-order chi connectivity index (χ0) is 10.7. The van der Waals surface area contributed by atoms with E-state index in [4.69, 9.17) is 0 Å². The van der Waals surface area contributed by atoms with Crippen LogP contribution in [0.2, 0.25) is 0 Å². The van der Waals surface area contributed by atoms with Crippen molar-refractivity contribution in [1.82, 2.24) is 10.9 Å². The van der Waals surface area contributed by atoms with E-state index in [1.54, 1.807) is 0 Å². The van der Waals surface area contributed by atoms with Crippen molar-refractivity contribution in [3.8, 4) is 0 Å². The number of hydrogen-bond acceptors (Lipinski definition) is 3. The van der Waals surface area contributed by atoms with Crippen LogP contribution >= 0.6 is 22.6 Å². The summed E-state index contributed by atoms with van der Waals surface area (Å²) in [5, 5.41) is 2.87. The summed E-state index contributed by atoms with van der Waals surface area (Å²) in [6.45, 7) is 0.838. The second-order valence-electron chi connectivity index (χ2n) is 3.41. The lowest BCUT2D eigenvalue weighted by molar-refractivity contribution is -0.117. The first-order valence-electron chi connectivity index (χ1n) is 4.80. The summed E-state index contributed by atoms with van der Waals surface area (Å²) in [5.74, 6) is 0.0150. The average Bonchev–Trinajstić information content (AvgIpc) is 2.74. The number of hydrazine groups is 1. The van der Waals surface area contributed by atoms with Crippen molar-refractivity contribution in [2.75, 3.05) is 11.9 Å². The Bertz CT molecular complexity index is 346. The molecular formula is C10H12IN3O. The molecule has 1 aliphatic rings. The molecule has 1 atom stereocenters. The minimum absolute atomic E-state index is 0.0150. The molecule has 1 fully saturated rings. The van der Waals surface area contributed by atoms with E-state index >= 15 is 0 Å². The fraction of sp³-hybridized carbons (Fsp3) is 0.300. The van der Waals surface area contributed by atoms with Crippen LogP contribution in [0, 0.1) is 3.57 Å². The second kappa shape index (κ2) is 4.91. The molecule has 4 nitrogen and oxygen atoms in total. The van der Waals surface area contributed by atoms with Crippen molar-refractivity contribution in [1.29, 1.82) is 0 Å². The molecule has 1 aromatic carbocycles. The van der Waals surface area contributed by atoms with Gasteiger partial charge in [-0.1, -0.05) is 0 Å². The molecule has 0 aromatic heterocycles. The first kappa shape index (κ1) is 10.8. The highest BCUT2D eigenvalue weighted by Crippen LogP contribution is 2.12. The van der Waals surface area contributed by atoms with Crippen LogP contribution in [0.5, 0.6) is 0 Å². The molecule has 3 N–H and O–H groups in total. The van der Waals surface area contributed by atoms with E-state index in [-0.39, 0.29) is 11.9 Å². The second-order valence-corrected chi connectivity index (χ2v) is 4.65. The molecule has 1 heterocycles. The van der Waals surface area contributed by atoms with Crippen molar-refractivity contribution < 1.29 is 4.79 Å². The Morgan fingerprint density at radius 1 is 1.40 bits per heavy atom. The number of halogens is 1. The lowest BCUT2D eigenvalue weighted by atomic mass is 10.2. The van der Waals surface area contributed by atoms with Gasteiger partial charge in [-0.15, -0.1) is 0 Å². The van der Waals surface area contributed by atoms with Crippen molar-refractivity contribution in [2.24, 2.45) is 0 Å². The molecule has 1 amide bonds. The van der Waals surface area contributed by atoms with E-state index in [2.05, 4.69) is 38.8 Å². The highest BCUT2D eigenvalue weighted by molar-refractivity contribution is 14.1. The maximum absolute atomic E-state index is 11.7. The van der Waals surface area contributed by atoms with Gasteiger partial charge in [-0.3, -0.25) is 10.2 Å². The van der Waals surface area contributed by atoms with Crippen LogP contribution in [0.4, 0.5) is 5.69 Å². The number of anilines is 1. The number of carbonyl (C=O) groups is 1. The maximum Gasteiger partial charge on any atom is 0.242 e. The van der Waals surface area contributed by atoms with Gasteiger partial charge in [-0.2, -0.15) is 0 Å². The Balaban J connectivity index is 1.96. The molecule has 0 aliphatic carbocycles. The fourth-order valence-corrected chi connectivity index (χ4v) is 1.80. The topological polar surface area (TPSA) is 53.2 Å². The number of nitrogens with one attached hydrogen (secondary N) is 3. The monoisotopic (exact) mass is 317 g/mol. The minimum Gasteiger partial charge on any atom is -0.325 e. The Hall–Kier alpha value is -0.660. The van der Waals surface area contributed by atoms with Gasteiger partial charge >= 0.3 is 0 Å².